The Hall–Kier alpha value is -4.10. The molecule has 3 aromatic carbocycles. The molecular weight excluding hydrogens is 484 g/mol. The number of H-pyrrole nitrogens is 1. The fraction of sp³-hybridized carbons (Fsp3) is 0.312. The Bertz CT molecular complexity index is 1600. The van der Waals surface area contributed by atoms with Crippen molar-refractivity contribution in [1.29, 1.82) is 0 Å². The van der Waals surface area contributed by atoms with Crippen LogP contribution in [0.3, 0.4) is 0 Å². The van der Waals surface area contributed by atoms with Crippen LogP contribution in [0.4, 0.5) is 0 Å². The molecule has 0 fully saturated rings. The molecule has 0 amide bonds. The third-order valence-electron chi connectivity index (χ3n) is 7.41. The number of fused-ring (bicyclic) bond motifs is 1. The number of tetrazole rings is 1. The minimum atomic E-state index is -0.0636. The number of rotatable bonds is 10. The number of aromatic amines is 1. The number of aryl methyl sites for hydroxylation is 5. The lowest BCUT2D eigenvalue weighted by atomic mass is 10.0. The van der Waals surface area contributed by atoms with Crippen LogP contribution in [0.15, 0.2) is 77.6 Å². The quantitative estimate of drug-likeness (QED) is 0.250. The fourth-order valence-corrected chi connectivity index (χ4v) is 5.35. The normalized spacial score (nSPS) is 12.3. The van der Waals surface area contributed by atoms with Gasteiger partial charge in [-0.15, -0.1) is 5.10 Å². The van der Waals surface area contributed by atoms with Gasteiger partial charge < -0.3 is 4.98 Å². The average Bonchev–Trinajstić information content (AvgIpc) is 3.38. The smallest absolute Gasteiger partial charge is 0.252 e. The van der Waals surface area contributed by atoms with Crippen LogP contribution in [0.25, 0.3) is 10.9 Å². The second kappa shape index (κ2) is 11.7. The van der Waals surface area contributed by atoms with Crippen molar-refractivity contribution in [3.8, 4) is 0 Å². The molecule has 0 saturated carbocycles. The number of nitrogens with zero attached hydrogens (tertiary/aromatic N) is 5. The monoisotopic (exact) mass is 520 g/mol. The molecular formula is C32H36N6O. The van der Waals surface area contributed by atoms with E-state index in [1.54, 1.807) is 0 Å². The maximum Gasteiger partial charge on any atom is 0.252 e. The summed E-state index contributed by atoms with van der Waals surface area (Å²) in [7, 11) is 0. The summed E-state index contributed by atoms with van der Waals surface area (Å²) < 4.78 is 1.92. The number of pyridine rings is 1. The molecule has 0 unspecified atom stereocenters. The summed E-state index contributed by atoms with van der Waals surface area (Å²) in [6.45, 7) is 10.2. The van der Waals surface area contributed by atoms with Crippen LogP contribution in [0.5, 0.6) is 0 Å². The molecule has 0 bridgehead atoms. The number of hydrogen-bond donors (Lipinski definition) is 1. The number of benzene rings is 3. The maximum absolute atomic E-state index is 13.3. The van der Waals surface area contributed by atoms with Crippen LogP contribution in [-0.2, 0) is 26.1 Å². The second-order valence-corrected chi connectivity index (χ2v) is 10.5. The second-order valence-electron chi connectivity index (χ2n) is 10.5. The molecule has 0 saturated heterocycles. The molecule has 1 atom stereocenters. The van der Waals surface area contributed by atoms with Crippen molar-refractivity contribution < 1.29 is 0 Å². The molecule has 0 aliphatic carbocycles. The van der Waals surface area contributed by atoms with E-state index >= 15 is 0 Å². The summed E-state index contributed by atoms with van der Waals surface area (Å²) >= 11 is 0. The van der Waals surface area contributed by atoms with Crippen LogP contribution in [0.2, 0.25) is 0 Å². The summed E-state index contributed by atoms with van der Waals surface area (Å²) in [5.74, 6) is 0.824. The molecule has 2 aromatic heterocycles. The summed E-state index contributed by atoms with van der Waals surface area (Å²) in [5.41, 5.74) is 7.51. The van der Waals surface area contributed by atoms with Crippen LogP contribution in [-0.4, -0.2) is 30.1 Å². The van der Waals surface area contributed by atoms with Gasteiger partial charge in [0.25, 0.3) is 5.56 Å². The van der Waals surface area contributed by atoms with E-state index in [1.165, 1.54) is 16.7 Å². The van der Waals surface area contributed by atoms with Crippen molar-refractivity contribution >= 4 is 10.9 Å². The van der Waals surface area contributed by atoms with Gasteiger partial charge in [0, 0.05) is 36.1 Å². The third-order valence-corrected chi connectivity index (χ3v) is 7.41. The summed E-state index contributed by atoms with van der Waals surface area (Å²) in [6.07, 6.45) is 1.65. The van der Waals surface area contributed by atoms with E-state index < -0.39 is 0 Å². The molecule has 0 radical (unpaired) electrons. The molecule has 0 spiro atoms. The predicted octanol–water partition coefficient (Wildman–Crippen LogP) is 5.84. The Morgan fingerprint density at radius 2 is 1.67 bits per heavy atom. The molecule has 5 aromatic rings. The first kappa shape index (κ1) is 26.5. The molecule has 39 heavy (non-hydrogen) atoms. The van der Waals surface area contributed by atoms with E-state index in [0.29, 0.717) is 19.6 Å². The van der Waals surface area contributed by atoms with E-state index in [-0.39, 0.29) is 11.6 Å². The average molecular weight is 521 g/mol. The molecule has 0 aliphatic heterocycles. The number of hydrogen-bond acceptors (Lipinski definition) is 5. The van der Waals surface area contributed by atoms with E-state index in [1.807, 2.05) is 16.8 Å². The molecule has 200 valence electrons. The minimum Gasteiger partial charge on any atom is -0.322 e. The Morgan fingerprint density at radius 1 is 0.897 bits per heavy atom. The van der Waals surface area contributed by atoms with Crippen molar-refractivity contribution in [3.05, 3.63) is 122 Å². The molecule has 5 rings (SSSR count). The van der Waals surface area contributed by atoms with Gasteiger partial charge in [0.2, 0.25) is 0 Å². The van der Waals surface area contributed by atoms with Crippen LogP contribution in [0, 0.1) is 20.8 Å². The van der Waals surface area contributed by atoms with E-state index in [2.05, 4.69) is 114 Å². The highest BCUT2D eigenvalue weighted by molar-refractivity contribution is 5.83. The van der Waals surface area contributed by atoms with Crippen LogP contribution < -0.4 is 5.56 Å². The summed E-state index contributed by atoms with van der Waals surface area (Å²) in [4.78, 5) is 18.7. The van der Waals surface area contributed by atoms with Crippen LogP contribution >= 0.6 is 0 Å². The van der Waals surface area contributed by atoms with Gasteiger partial charge in [0.05, 0.1) is 6.04 Å². The number of nitrogens with one attached hydrogen (secondary N) is 1. The Labute approximate surface area is 229 Å². The van der Waals surface area contributed by atoms with Crippen molar-refractivity contribution in [2.24, 2.45) is 0 Å². The highest BCUT2D eigenvalue weighted by atomic mass is 16.1. The lowest BCUT2D eigenvalue weighted by molar-refractivity contribution is 0.160. The van der Waals surface area contributed by atoms with Gasteiger partial charge in [0.15, 0.2) is 5.82 Å². The van der Waals surface area contributed by atoms with E-state index in [0.717, 1.165) is 46.3 Å². The fourth-order valence-electron chi connectivity index (χ4n) is 5.35. The van der Waals surface area contributed by atoms with Crippen molar-refractivity contribution in [2.45, 2.75) is 66.2 Å². The van der Waals surface area contributed by atoms with Crippen LogP contribution in [0.1, 0.15) is 58.6 Å². The first-order valence-electron chi connectivity index (χ1n) is 13.6. The number of aromatic nitrogens is 5. The van der Waals surface area contributed by atoms with Gasteiger partial charge in [-0.05, 0) is 78.4 Å². The largest absolute Gasteiger partial charge is 0.322 e. The lowest BCUT2D eigenvalue weighted by Crippen LogP contribution is -2.32. The Balaban J connectivity index is 1.49. The molecule has 0 aliphatic rings. The standard InChI is InChI=1S/C32H36N6O/c1-5-30(31-34-35-36-38(31)16-15-25-9-7-6-8-10-25)37(20-26-13-11-22(2)12-14-26)21-27-19-28-24(4)17-23(3)18-29(28)33-32(27)39/h6-14,17-19,30H,5,15-16,20-21H2,1-4H3,(H,33,39)/t30-/m1/s1. The summed E-state index contributed by atoms with van der Waals surface area (Å²) in [6, 6.07) is 25.1. The minimum absolute atomic E-state index is 0.0556. The zero-order valence-electron chi connectivity index (χ0n) is 23.2. The van der Waals surface area contributed by atoms with Crippen molar-refractivity contribution in [2.75, 3.05) is 0 Å². The molecule has 7 heteroatoms. The topological polar surface area (TPSA) is 79.7 Å². The highest BCUT2D eigenvalue weighted by Crippen LogP contribution is 2.27. The molecule has 7 nitrogen and oxygen atoms in total. The third kappa shape index (κ3) is 6.15. The zero-order valence-corrected chi connectivity index (χ0v) is 23.2. The van der Waals surface area contributed by atoms with E-state index in [4.69, 9.17) is 0 Å². The molecule has 2 heterocycles. The highest BCUT2D eigenvalue weighted by Gasteiger charge is 2.26. The SMILES string of the molecule is CC[C@H](c1nnnn1CCc1ccccc1)N(Cc1ccc(C)cc1)Cc1cc2c(C)cc(C)cc2[nH]c1=O. The van der Waals surface area contributed by atoms with E-state index in [9.17, 15) is 4.79 Å². The first-order valence-corrected chi connectivity index (χ1v) is 13.6. The Kier molecular flexibility index (Phi) is 7.98. The maximum atomic E-state index is 13.3. The van der Waals surface area contributed by atoms with Gasteiger partial charge in [-0.2, -0.15) is 0 Å². The summed E-state index contributed by atoms with van der Waals surface area (Å²) in [5, 5.41) is 14.0. The lowest BCUT2D eigenvalue weighted by Gasteiger charge is -2.30. The van der Waals surface area contributed by atoms with Crippen molar-refractivity contribution in [3.63, 3.8) is 0 Å². The Morgan fingerprint density at radius 3 is 2.41 bits per heavy atom. The van der Waals surface area contributed by atoms with Gasteiger partial charge in [0.1, 0.15) is 0 Å². The van der Waals surface area contributed by atoms with Gasteiger partial charge >= 0.3 is 0 Å². The zero-order chi connectivity index (χ0) is 27.4. The van der Waals surface area contributed by atoms with Gasteiger partial charge in [-0.3, -0.25) is 9.69 Å². The van der Waals surface area contributed by atoms with Gasteiger partial charge in [-0.25, -0.2) is 4.68 Å². The molecule has 1 N–H and O–H groups in total. The van der Waals surface area contributed by atoms with Gasteiger partial charge in [-0.1, -0.05) is 73.2 Å². The predicted molar refractivity (Wildman–Crippen MR) is 155 cm³/mol. The van der Waals surface area contributed by atoms with Crippen molar-refractivity contribution in [1.82, 2.24) is 30.1 Å². The first-order chi connectivity index (χ1) is 18.9.